The number of imidazole rings is 2. The summed E-state index contributed by atoms with van der Waals surface area (Å²) in [6.07, 6.45) is 5.15. The number of nitrogens with one attached hydrogen (secondary N) is 2. The highest BCUT2D eigenvalue weighted by molar-refractivity contribution is 5.90. The van der Waals surface area contributed by atoms with Gasteiger partial charge < -0.3 is 14.7 Å². The van der Waals surface area contributed by atoms with Crippen LogP contribution >= 0.6 is 0 Å². The Morgan fingerprint density at radius 1 is 1.19 bits per heavy atom. The van der Waals surface area contributed by atoms with Gasteiger partial charge in [-0.05, 0) is 24.6 Å². The molecule has 0 radical (unpaired) electrons. The van der Waals surface area contributed by atoms with Gasteiger partial charge in [0.1, 0.15) is 0 Å². The molecule has 0 fully saturated rings. The number of esters is 1. The molecule has 0 amide bonds. The SMILES string of the molecule is CCOC(=O)c1ccc(-c2cnc(-c3ncc[nH]3)[nH]2)cc1. The molecule has 6 nitrogen and oxygen atoms in total. The lowest BCUT2D eigenvalue weighted by molar-refractivity contribution is 0.0526. The van der Waals surface area contributed by atoms with Gasteiger partial charge in [-0.3, -0.25) is 0 Å². The maximum atomic E-state index is 11.6. The quantitative estimate of drug-likeness (QED) is 0.720. The minimum Gasteiger partial charge on any atom is -0.462 e. The molecule has 2 N–H and O–H groups in total. The number of aromatic amines is 2. The number of hydrogen-bond acceptors (Lipinski definition) is 4. The molecule has 0 atom stereocenters. The van der Waals surface area contributed by atoms with Crippen molar-refractivity contribution in [2.24, 2.45) is 0 Å². The van der Waals surface area contributed by atoms with Crippen molar-refractivity contribution < 1.29 is 9.53 Å². The van der Waals surface area contributed by atoms with Gasteiger partial charge in [0.25, 0.3) is 0 Å². The van der Waals surface area contributed by atoms with Gasteiger partial charge >= 0.3 is 5.97 Å². The summed E-state index contributed by atoms with van der Waals surface area (Å²) >= 11 is 0. The molecule has 3 aromatic rings. The Balaban J connectivity index is 1.83. The van der Waals surface area contributed by atoms with Gasteiger partial charge in [0.05, 0.1) is 24.1 Å². The average Bonchev–Trinajstić information content (AvgIpc) is 3.19. The highest BCUT2D eigenvalue weighted by Gasteiger charge is 2.09. The van der Waals surface area contributed by atoms with Crippen molar-refractivity contribution in [3.8, 4) is 22.9 Å². The van der Waals surface area contributed by atoms with E-state index in [4.69, 9.17) is 4.74 Å². The van der Waals surface area contributed by atoms with Crippen LogP contribution in [0.15, 0.2) is 42.9 Å². The predicted octanol–water partition coefficient (Wildman–Crippen LogP) is 2.64. The maximum absolute atomic E-state index is 11.6. The molecular weight excluding hydrogens is 268 g/mol. The lowest BCUT2D eigenvalue weighted by atomic mass is 10.1. The van der Waals surface area contributed by atoms with Crippen LogP contribution in [-0.2, 0) is 4.74 Å². The molecule has 2 aromatic heterocycles. The summed E-state index contributed by atoms with van der Waals surface area (Å²) in [7, 11) is 0. The predicted molar refractivity (Wildman–Crippen MR) is 77.6 cm³/mol. The van der Waals surface area contributed by atoms with E-state index in [0.717, 1.165) is 11.3 Å². The molecule has 0 saturated heterocycles. The lowest BCUT2D eigenvalue weighted by Gasteiger charge is -2.02. The van der Waals surface area contributed by atoms with E-state index < -0.39 is 0 Å². The van der Waals surface area contributed by atoms with Gasteiger partial charge in [0, 0.05) is 12.4 Å². The van der Waals surface area contributed by atoms with Crippen LogP contribution < -0.4 is 0 Å². The summed E-state index contributed by atoms with van der Waals surface area (Å²) in [4.78, 5) is 26.2. The average molecular weight is 282 g/mol. The molecule has 0 aliphatic rings. The van der Waals surface area contributed by atoms with Crippen LogP contribution in [0.1, 0.15) is 17.3 Å². The molecule has 6 heteroatoms. The Bertz CT molecular complexity index is 729. The van der Waals surface area contributed by atoms with E-state index in [1.165, 1.54) is 0 Å². The van der Waals surface area contributed by atoms with Crippen LogP contribution in [0.25, 0.3) is 22.9 Å². The van der Waals surface area contributed by atoms with E-state index >= 15 is 0 Å². The smallest absolute Gasteiger partial charge is 0.338 e. The number of carbonyl (C=O) groups is 1. The fourth-order valence-corrected chi connectivity index (χ4v) is 1.98. The topological polar surface area (TPSA) is 83.7 Å². The van der Waals surface area contributed by atoms with Crippen LogP contribution in [-0.4, -0.2) is 32.5 Å². The number of carbonyl (C=O) groups excluding carboxylic acids is 1. The number of nitrogens with zero attached hydrogens (tertiary/aromatic N) is 2. The summed E-state index contributed by atoms with van der Waals surface area (Å²) < 4.78 is 4.96. The fourth-order valence-electron chi connectivity index (χ4n) is 1.98. The van der Waals surface area contributed by atoms with Crippen molar-refractivity contribution >= 4 is 5.97 Å². The van der Waals surface area contributed by atoms with E-state index in [2.05, 4.69) is 19.9 Å². The van der Waals surface area contributed by atoms with Crippen molar-refractivity contribution in [3.05, 3.63) is 48.4 Å². The minimum absolute atomic E-state index is 0.315. The summed E-state index contributed by atoms with van der Waals surface area (Å²) in [6.45, 7) is 2.15. The summed E-state index contributed by atoms with van der Waals surface area (Å²) in [5.74, 6) is 1.04. The molecule has 0 aliphatic heterocycles. The highest BCUT2D eigenvalue weighted by atomic mass is 16.5. The first-order chi connectivity index (χ1) is 10.3. The van der Waals surface area contributed by atoms with Crippen LogP contribution in [0.5, 0.6) is 0 Å². The van der Waals surface area contributed by atoms with E-state index in [1.807, 2.05) is 12.1 Å². The Kier molecular flexibility index (Phi) is 3.51. The monoisotopic (exact) mass is 282 g/mol. The number of ether oxygens (including phenoxy) is 1. The third kappa shape index (κ3) is 2.69. The lowest BCUT2D eigenvalue weighted by Crippen LogP contribution is -2.03. The van der Waals surface area contributed by atoms with E-state index in [9.17, 15) is 4.79 Å². The summed E-state index contributed by atoms with van der Waals surface area (Å²) in [5, 5.41) is 0. The van der Waals surface area contributed by atoms with E-state index in [0.29, 0.717) is 23.8 Å². The summed E-state index contributed by atoms with van der Waals surface area (Å²) in [6, 6.07) is 7.18. The molecular formula is C15H14N4O2. The molecule has 0 bridgehead atoms. The third-order valence-corrected chi connectivity index (χ3v) is 3.01. The number of H-pyrrole nitrogens is 2. The first kappa shape index (κ1) is 13.1. The number of aromatic nitrogens is 4. The second kappa shape index (κ2) is 5.62. The number of rotatable bonds is 4. The Morgan fingerprint density at radius 2 is 2.00 bits per heavy atom. The molecule has 21 heavy (non-hydrogen) atoms. The molecule has 0 aliphatic carbocycles. The minimum atomic E-state index is -0.315. The third-order valence-electron chi connectivity index (χ3n) is 3.01. The molecule has 2 heterocycles. The van der Waals surface area contributed by atoms with Crippen LogP contribution in [0.2, 0.25) is 0 Å². The second-order valence-electron chi connectivity index (χ2n) is 4.38. The van der Waals surface area contributed by atoms with Crippen molar-refractivity contribution in [2.75, 3.05) is 6.61 Å². The fraction of sp³-hybridized carbons (Fsp3) is 0.133. The molecule has 0 spiro atoms. The van der Waals surface area contributed by atoms with Crippen molar-refractivity contribution in [2.45, 2.75) is 6.92 Å². The van der Waals surface area contributed by atoms with Gasteiger partial charge in [-0.2, -0.15) is 0 Å². The van der Waals surface area contributed by atoms with Crippen molar-refractivity contribution in [3.63, 3.8) is 0 Å². The number of hydrogen-bond donors (Lipinski definition) is 2. The Labute approximate surface area is 121 Å². The van der Waals surface area contributed by atoms with Gasteiger partial charge in [-0.15, -0.1) is 0 Å². The summed E-state index contributed by atoms with van der Waals surface area (Å²) in [5.41, 5.74) is 2.33. The zero-order chi connectivity index (χ0) is 14.7. The maximum Gasteiger partial charge on any atom is 0.338 e. The molecule has 0 unspecified atom stereocenters. The second-order valence-corrected chi connectivity index (χ2v) is 4.38. The standard InChI is InChI=1S/C15H14N4O2/c1-2-21-15(20)11-5-3-10(4-6-11)12-9-18-14(19-12)13-16-7-8-17-13/h3-9H,2H2,1H3,(H,16,17)(H,18,19). The van der Waals surface area contributed by atoms with Crippen LogP contribution in [0.4, 0.5) is 0 Å². The van der Waals surface area contributed by atoms with Crippen LogP contribution in [0.3, 0.4) is 0 Å². The molecule has 0 saturated carbocycles. The van der Waals surface area contributed by atoms with Gasteiger partial charge in [-0.25, -0.2) is 14.8 Å². The zero-order valence-corrected chi connectivity index (χ0v) is 11.5. The highest BCUT2D eigenvalue weighted by Crippen LogP contribution is 2.20. The largest absolute Gasteiger partial charge is 0.462 e. The molecule has 1 aromatic carbocycles. The van der Waals surface area contributed by atoms with E-state index in [1.54, 1.807) is 37.6 Å². The Hall–Kier alpha value is -2.89. The van der Waals surface area contributed by atoms with Crippen molar-refractivity contribution in [1.29, 1.82) is 0 Å². The van der Waals surface area contributed by atoms with Gasteiger partial charge in [-0.1, -0.05) is 12.1 Å². The van der Waals surface area contributed by atoms with E-state index in [-0.39, 0.29) is 5.97 Å². The Morgan fingerprint density at radius 3 is 2.67 bits per heavy atom. The zero-order valence-electron chi connectivity index (χ0n) is 11.5. The van der Waals surface area contributed by atoms with Crippen LogP contribution in [0, 0.1) is 0 Å². The molecule has 3 rings (SSSR count). The van der Waals surface area contributed by atoms with Gasteiger partial charge in [0.2, 0.25) is 0 Å². The first-order valence-corrected chi connectivity index (χ1v) is 6.60. The van der Waals surface area contributed by atoms with Gasteiger partial charge in [0.15, 0.2) is 11.6 Å². The van der Waals surface area contributed by atoms with Crippen molar-refractivity contribution in [1.82, 2.24) is 19.9 Å². The normalized spacial score (nSPS) is 10.5. The molecule has 106 valence electrons. The number of benzene rings is 1. The first-order valence-electron chi connectivity index (χ1n) is 6.60.